The lowest BCUT2D eigenvalue weighted by Gasteiger charge is -2.55. The maximum absolute atomic E-state index is 12.9. The largest absolute Gasteiger partial charge is 0.390 e. The van der Waals surface area contributed by atoms with Gasteiger partial charge in [-0.15, -0.1) is 0 Å². The number of rotatable bonds is 10. The molecule has 0 aromatic rings. The van der Waals surface area contributed by atoms with Crippen molar-refractivity contribution in [2.24, 2.45) is 50.7 Å². The van der Waals surface area contributed by atoms with Crippen LogP contribution in [0.1, 0.15) is 131 Å². The molecule has 7 aliphatic rings. The van der Waals surface area contributed by atoms with Gasteiger partial charge in [-0.25, -0.2) is 0 Å². The number of carbonyl (C=O) groups excluding carboxylic acids is 2. The lowest BCUT2D eigenvalue weighted by molar-refractivity contribution is -0.241. The summed E-state index contributed by atoms with van der Waals surface area (Å²) in [6, 6.07) is 0. The Morgan fingerprint density at radius 2 is 1.81 bits per heavy atom. The third-order valence-corrected chi connectivity index (χ3v) is 16.1. The summed E-state index contributed by atoms with van der Waals surface area (Å²) in [5.74, 6) is 2.33. The van der Waals surface area contributed by atoms with Gasteiger partial charge in [-0.2, -0.15) is 0 Å². The number of fused-ring (bicyclic) bond motifs is 1. The van der Waals surface area contributed by atoms with E-state index in [4.69, 9.17) is 14.2 Å². The lowest BCUT2D eigenvalue weighted by atomic mass is 9.52. The third kappa shape index (κ3) is 5.69. The van der Waals surface area contributed by atoms with Gasteiger partial charge in [-0.3, -0.25) is 9.59 Å². The fraction of sp³-hybridized carbons (Fsp3) is 0.950. The van der Waals surface area contributed by atoms with Gasteiger partial charge in [-0.05, 0) is 121 Å². The smallest absolute Gasteiger partial charge is 0.223 e. The molecule has 272 valence electrons. The van der Waals surface area contributed by atoms with Crippen LogP contribution in [0.2, 0.25) is 0 Å². The minimum Gasteiger partial charge on any atom is -0.390 e. The molecule has 7 fully saturated rings. The number of nitrogens with zero attached hydrogens (tertiary/aromatic N) is 1. The van der Waals surface area contributed by atoms with Crippen LogP contribution in [0.3, 0.4) is 0 Å². The van der Waals surface area contributed by atoms with Crippen molar-refractivity contribution >= 4 is 11.8 Å². The Hall–Kier alpha value is -1.22. The number of carbonyl (C=O) groups is 2. The molecule has 2 heterocycles. The van der Waals surface area contributed by atoms with Crippen molar-refractivity contribution in [3.63, 3.8) is 0 Å². The van der Waals surface area contributed by atoms with Crippen molar-refractivity contribution in [1.29, 1.82) is 0 Å². The molecule has 7 rings (SSSR count). The minimum atomic E-state index is -0.504. The van der Waals surface area contributed by atoms with E-state index in [1.54, 1.807) is 7.05 Å². The van der Waals surface area contributed by atoms with Crippen LogP contribution in [0.4, 0.5) is 0 Å². The maximum atomic E-state index is 12.9. The van der Waals surface area contributed by atoms with E-state index in [9.17, 15) is 14.7 Å². The first-order valence-corrected chi connectivity index (χ1v) is 19.8. The Morgan fingerprint density at radius 3 is 2.54 bits per heavy atom. The number of hydrogen-bond acceptors (Lipinski definition) is 6. The van der Waals surface area contributed by atoms with Crippen molar-refractivity contribution in [3.05, 3.63) is 0 Å². The number of morpholine rings is 1. The number of ether oxygens (including phenoxy) is 3. The van der Waals surface area contributed by atoms with E-state index in [1.165, 1.54) is 51.4 Å². The summed E-state index contributed by atoms with van der Waals surface area (Å²) in [4.78, 5) is 26.8. The first kappa shape index (κ1) is 35.2. The predicted octanol–water partition coefficient (Wildman–Crippen LogP) is 6.48. The molecule has 8 unspecified atom stereocenters. The predicted molar refractivity (Wildman–Crippen MR) is 185 cm³/mol. The van der Waals surface area contributed by atoms with Gasteiger partial charge in [-0.1, -0.05) is 48.0 Å². The van der Waals surface area contributed by atoms with Crippen LogP contribution in [0.25, 0.3) is 0 Å². The molecule has 0 radical (unpaired) electrons. The van der Waals surface area contributed by atoms with Crippen molar-refractivity contribution in [2.45, 2.75) is 162 Å². The van der Waals surface area contributed by atoms with E-state index in [1.807, 2.05) is 4.90 Å². The van der Waals surface area contributed by atoms with E-state index < -0.39 is 6.10 Å². The van der Waals surface area contributed by atoms with Gasteiger partial charge in [0.15, 0.2) is 6.29 Å². The lowest BCUT2D eigenvalue weighted by Crippen LogP contribution is -2.54. The molecule has 5 aliphatic carbocycles. The van der Waals surface area contributed by atoms with Crippen molar-refractivity contribution < 1.29 is 28.9 Å². The van der Waals surface area contributed by atoms with Crippen molar-refractivity contribution in [3.8, 4) is 0 Å². The molecule has 0 aromatic heterocycles. The van der Waals surface area contributed by atoms with E-state index in [2.05, 4.69) is 46.9 Å². The topological polar surface area (TPSA) is 97.3 Å². The zero-order valence-electron chi connectivity index (χ0n) is 31.2. The number of nitrogens with one attached hydrogen (secondary N) is 1. The molecule has 2 saturated heterocycles. The summed E-state index contributed by atoms with van der Waals surface area (Å²) < 4.78 is 19.6. The van der Waals surface area contributed by atoms with E-state index in [-0.39, 0.29) is 52.7 Å². The molecule has 2 N–H and O–H groups in total. The highest BCUT2D eigenvalue weighted by Crippen LogP contribution is 2.82. The average Bonchev–Trinajstić information content (AvgIpc) is 3.97. The fourth-order valence-electron chi connectivity index (χ4n) is 12.7. The van der Waals surface area contributed by atoms with Crippen LogP contribution < -0.4 is 5.32 Å². The zero-order valence-corrected chi connectivity index (χ0v) is 31.2. The fourth-order valence-corrected chi connectivity index (χ4v) is 12.7. The van der Waals surface area contributed by atoms with Crippen molar-refractivity contribution in [1.82, 2.24) is 10.2 Å². The second kappa shape index (κ2) is 12.5. The molecule has 8 nitrogen and oxygen atoms in total. The van der Waals surface area contributed by atoms with Gasteiger partial charge in [0.05, 0.1) is 37.6 Å². The maximum Gasteiger partial charge on any atom is 0.223 e. The Kier molecular flexibility index (Phi) is 9.15. The summed E-state index contributed by atoms with van der Waals surface area (Å²) in [6.45, 7) is 16.1. The van der Waals surface area contributed by atoms with Crippen LogP contribution >= 0.6 is 0 Å². The molecule has 11 atom stereocenters. The molecule has 48 heavy (non-hydrogen) atoms. The number of hydrogen-bond donors (Lipinski definition) is 2. The Bertz CT molecular complexity index is 1230. The van der Waals surface area contributed by atoms with Crippen LogP contribution in [-0.2, 0) is 23.8 Å². The Labute approximate surface area is 290 Å². The highest BCUT2D eigenvalue weighted by Gasteiger charge is 2.75. The standard InChI is InChI=1S/C40H66N2O6/c1-25-21-27(12-13-30(43)41-7)47-34-33(25)38(6,37(4,5)35(34)45)17-18-39-15-8-9-28-36(2,3)29(14-16-40(28,39)24-39)48-32-23-42(19-20-46-32)31(44)22-26-10-11-26/h25-29,32-35,45H,8-24H2,1-7H3,(H,41,43)/t25-,27?,28+,29?,32?,33?,34?,35+,38?,39?,40?/m1/s1. The molecule has 2 amide bonds. The monoisotopic (exact) mass is 670 g/mol. The Morgan fingerprint density at radius 1 is 1.04 bits per heavy atom. The normalized spacial score (nSPS) is 45.9. The van der Waals surface area contributed by atoms with Crippen LogP contribution in [0, 0.1) is 50.7 Å². The van der Waals surface area contributed by atoms with E-state index in [0.29, 0.717) is 73.5 Å². The third-order valence-electron chi connectivity index (χ3n) is 16.1. The molecule has 5 saturated carbocycles. The first-order valence-electron chi connectivity index (χ1n) is 19.8. The van der Waals surface area contributed by atoms with Gasteiger partial charge < -0.3 is 29.5 Å². The summed E-state index contributed by atoms with van der Waals surface area (Å²) in [5, 5.41) is 14.6. The highest BCUT2D eigenvalue weighted by atomic mass is 16.7. The second-order valence-electron chi connectivity index (χ2n) is 19.1. The van der Waals surface area contributed by atoms with Gasteiger partial charge in [0, 0.05) is 26.4 Å². The highest BCUT2D eigenvalue weighted by molar-refractivity contribution is 5.77. The van der Waals surface area contributed by atoms with Gasteiger partial charge in [0.1, 0.15) is 0 Å². The van der Waals surface area contributed by atoms with E-state index in [0.717, 1.165) is 19.3 Å². The minimum absolute atomic E-state index is 0.0231. The number of aliphatic hydroxyl groups is 1. The van der Waals surface area contributed by atoms with Gasteiger partial charge in [0.2, 0.25) is 11.8 Å². The van der Waals surface area contributed by atoms with Crippen LogP contribution in [0.5, 0.6) is 0 Å². The van der Waals surface area contributed by atoms with E-state index >= 15 is 0 Å². The SMILES string of the molecule is CNC(=O)CCC1C[C@@H](C)C2C(O1)[C@H](O)C(C)(C)C2(C)CCC12CCC[C@H]3C(C)(C)C(OC4CN(C(=O)CC5CC5)CCO4)CCC31C2. The molecule has 0 bridgehead atoms. The first-order chi connectivity index (χ1) is 22.7. The molecule has 1 spiro atoms. The van der Waals surface area contributed by atoms with Crippen molar-refractivity contribution in [2.75, 3.05) is 26.7 Å². The summed E-state index contributed by atoms with van der Waals surface area (Å²) >= 11 is 0. The zero-order chi connectivity index (χ0) is 34.3. The second-order valence-corrected chi connectivity index (χ2v) is 19.1. The number of amides is 2. The molecule has 8 heteroatoms. The van der Waals surface area contributed by atoms with Crippen LogP contribution in [-0.4, -0.2) is 79.3 Å². The van der Waals surface area contributed by atoms with Crippen LogP contribution in [0.15, 0.2) is 0 Å². The summed E-state index contributed by atoms with van der Waals surface area (Å²) in [5.41, 5.74) is 0.563. The quantitative estimate of drug-likeness (QED) is 0.276. The average molecular weight is 671 g/mol. The Balaban J connectivity index is 1.01. The summed E-state index contributed by atoms with van der Waals surface area (Å²) in [6.07, 6.45) is 14.3. The van der Waals surface area contributed by atoms with Gasteiger partial charge >= 0.3 is 0 Å². The summed E-state index contributed by atoms with van der Waals surface area (Å²) in [7, 11) is 1.69. The number of aliphatic hydroxyl groups excluding tert-OH is 1. The molecule has 0 aromatic carbocycles. The molecule has 2 aliphatic heterocycles. The molecular weight excluding hydrogens is 604 g/mol. The molecular formula is C40H66N2O6. The van der Waals surface area contributed by atoms with Gasteiger partial charge in [0.25, 0.3) is 0 Å².